The summed E-state index contributed by atoms with van der Waals surface area (Å²) in [6.45, 7) is 12.1. The minimum atomic E-state index is -0.727. The van der Waals surface area contributed by atoms with Gasteiger partial charge in [-0.25, -0.2) is 18.8 Å². The van der Waals surface area contributed by atoms with E-state index in [0.29, 0.717) is 42.3 Å². The number of esters is 3. The SMILES string of the molecule is C=CC(=O)OCCC(CCC)c1ccc(NCCCc2ccc(/N=N/c3ccc(/N=N/c4ccc(C(=O)OCCCCOC(=O)C(=C)C)c(O)c4)c(F)c3)cc2)cc1. The predicted octanol–water partition coefficient (Wildman–Crippen LogP) is 11.5. The molecule has 12 nitrogen and oxygen atoms in total. The van der Waals surface area contributed by atoms with Crippen molar-refractivity contribution in [2.24, 2.45) is 20.5 Å². The molecule has 0 saturated heterocycles. The minimum absolute atomic E-state index is 0.0481. The van der Waals surface area contributed by atoms with Crippen LogP contribution in [-0.2, 0) is 30.2 Å². The molecule has 0 aromatic heterocycles. The number of aryl methyl sites for hydroxylation is 1. The Morgan fingerprint density at radius 3 is 2.12 bits per heavy atom. The monoisotopic (exact) mass is 791 g/mol. The number of hydrogen-bond donors (Lipinski definition) is 2. The molecule has 1 atom stereocenters. The highest BCUT2D eigenvalue weighted by Gasteiger charge is 2.14. The van der Waals surface area contributed by atoms with Gasteiger partial charge >= 0.3 is 17.9 Å². The zero-order valence-corrected chi connectivity index (χ0v) is 33.0. The molecule has 0 amide bonds. The Morgan fingerprint density at radius 1 is 0.793 bits per heavy atom. The molecule has 13 heteroatoms. The van der Waals surface area contributed by atoms with Crippen molar-refractivity contribution in [2.45, 2.75) is 64.7 Å². The fraction of sp³-hybridized carbons (Fsp3) is 0.311. The number of hydrogen-bond acceptors (Lipinski definition) is 12. The number of unbranched alkanes of at least 4 members (excludes halogenated alkanes) is 1. The van der Waals surface area contributed by atoms with Gasteiger partial charge in [-0.05, 0) is 111 Å². The van der Waals surface area contributed by atoms with Gasteiger partial charge in [0.2, 0.25) is 0 Å². The lowest BCUT2D eigenvalue weighted by Gasteiger charge is -2.17. The van der Waals surface area contributed by atoms with Crippen LogP contribution in [-0.4, -0.2) is 49.4 Å². The van der Waals surface area contributed by atoms with Gasteiger partial charge in [0.15, 0.2) is 5.82 Å². The fourth-order valence-electron chi connectivity index (χ4n) is 5.67. The summed E-state index contributed by atoms with van der Waals surface area (Å²) in [7, 11) is 0. The molecule has 0 fully saturated rings. The van der Waals surface area contributed by atoms with Gasteiger partial charge < -0.3 is 24.6 Å². The number of aromatic hydroxyl groups is 1. The summed E-state index contributed by atoms with van der Waals surface area (Å²) in [6.07, 6.45) is 6.80. The van der Waals surface area contributed by atoms with E-state index in [4.69, 9.17) is 14.2 Å². The van der Waals surface area contributed by atoms with Crippen LogP contribution >= 0.6 is 0 Å². The van der Waals surface area contributed by atoms with Gasteiger partial charge in [-0.2, -0.15) is 15.3 Å². The van der Waals surface area contributed by atoms with Crippen molar-refractivity contribution >= 4 is 46.3 Å². The molecule has 0 saturated carbocycles. The van der Waals surface area contributed by atoms with E-state index in [-0.39, 0.29) is 35.9 Å². The number of phenols is 1. The Kier molecular flexibility index (Phi) is 17.9. The van der Waals surface area contributed by atoms with E-state index in [1.54, 1.807) is 13.0 Å². The number of nitrogens with one attached hydrogen (secondary N) is 1. The van der Waals surface area contributed by atoms with Crippen molar-refractivity contribution in [3.05, 3.63) is 132 Å². The average molecular weight is 792 g/mol. The molecule has 0 bridgehead atoms. The van der Waals surface area contributed by atoms with Crippen LogP contribution in [0.5, 0.6) is 5.75 Å². The van der Waals surface area contributed by atoms with Gasteiger partial charge in [0.05, 0.1) is 36.9 Å². The molecule has 4 rings (SSSR count). The quantitative estimate of drug-likeness (QED) is 0.0247. The maximum Gasteiger partial charge on any atom is 0.341 e. The summed E-state index contributed by atoms with van der Waals surface area (Å²) in [6, 6.07) is 24.4. The van der Waals surface area contributed by atoms with Crippen LogP contribution in [0, 0.1) is 5.82 Å². The molecule has 4 aromatic carbocycles. The smallest absolute Gasteiger partial charge is 0.341 e. The van der Waals surface area contributed by atoms with E-state index in [1.807, 2.05) is 24.3 Å². The second-order valence-electron chi connectivity index (χ2n) is 13.5. The Morgan fingerprint density at radius 2 is 1.45 bits per heavy atom. The van der Waals surface area contributed by atoms with E-state index < -0.39 is 23.7 Å². The van der Waals surface area contributed by atoms with E-state index in [0.717, 1.165) is 49.9 Å². The highest BCUT2D eigenvalue weighted by molar-refractivity contribution is 5.93. The summed E-state index contributed by atoms with van der Waals surface area (Å²) in [5.74, 6) is -2.29. The number of azo groups is 2. The normalized spacial score (nSPS) is 11.6. The summed E-state index contributed by atoms with van der Waals surface area (Å²) in [4.78, 5) is 35.1. The number of rotatable bonds is 23. The lowest BCUT2D eigenvalue weighted by Crippen LogP contribution is -2.09. The van der Waals surface area contributed by atoms with Crippen molar-refractivity contribution in [1.29, 1.82) is 0 Å². The Hall–Kier alpha value is -6.50. The number of carbonyl (C=O) groups excluding carboxylic acids is 3. The van der Waals surface area contributed by atoms with Crippen LogP contribution in [0.4, 0.5) is 32.8 Å². The zero-order valence-electron chi connectivity index (χ0n) is 33.0. The lowest BCUT2D eigenvalue weighted by atomic mass is 9.91. The minimum Gasteiger partial charge on any atom is -0.507 e. The maximum absolute atomic E-state index is 14.8. The van der Waals surface area contributed by atoms with Crippen LogP contribution in [0.15, 0.2) is 130 Å². The fourth-order valence-corrected chi connectivity index (χ4v) is 5.67. The number of halogens is 1. The van der Waals surface area contributed by atoms with Crippen LogP contribution < -0.4 is 5.32 Å². The van der Waals surface area contributed by atoms with Gasteiger partial charge in [0.1, 0.15) is 17.0 Å². The Labute approximate surface area is 338 Å². The number of benzene rings is 4. The van der Waals surface area contributed by atoms with Crippen LogP contribution in [0.25, 0.3) is 0 Å². The van der Waals surface area contributed by atoms with Crippen molar-refractivity contribution in [2.75, 3.05) is 31.7 Å². The average Bonchev–Trinajstić information content (AvgIpc) is 3.22. The van der Waals surface area contributed by atoms with Crippen molar-refractivity contribution in [3.8, 4) is 5.75 Å². The second kappa shape index (κ2) is 23.5. The molecule has 0 aliphatic rings. The third kappa shape index (κ3) is 14.9. The van der Waals surface area contributed by atoms with Crippen molar-refractivity contribution in [3.63, 3.8) is 0 Å². The third-order valence-electron chi connectivity index (χ3n) is 8.84. The predicted molar refractivity (Wildman–Crippen MR) is 221 cm³/mol. The van der Waals surface area contributed by atoms with Gasteiger partial charge in [-0.15, -0.1) is 5.11 Å². The Bertz CT molecular complexity index is 2070. The first-order valence-corrected chi connectivity index (χ1v) is 19.2. The van der Waals surface area contributed by atoms with E-state index in [2.05, 4.69) is 70.1 Å². The number of ether oxygens (including phenoxy) is 3. The maximum atomic E-state index is 14.8. The number of phenolic OH excluding ortho intramolecular Hbond substituents is 1. The van der Waals surface area contributed by atoms with Crippen molar-refractivity contribution in [1.82, 2.24) is 0 Å². The first-order valence-electron chi connectivity index (χ1n) is 19.2. The first kappa shape index (κ1) is 44.2. The van der Waals surface area contributed by atoms with Crippen LogP contribution in [0.3, 0.4) is 0 Å². The molecular formula is C45H50FN5O7. The number of nitrogens with zero attached hydrogens (tertiary/aromatic N) is 4. The molecule has 0 spiro atoms. The molecule has 1 unspecified atom stereocenters. The molecule has 58 heavy (non-hydrogen) atoms. The number of carbonyl (C=O) groups is 3. The summed E-state index contributed by atoms with van der Waals surface area (Å²) in [5, 5.41) is 30.1. The molecule has 0 aliphatic heterocycles. The summed E-state index contributed by atoms with van der Waals surface area (Å²) >= 11 is 0. The highest BCUT2D eigenvalue weighted by Crippen LogP contribution is 2.30. The molecule has 0 heterocycles. The summed E-state index contributed by atoms with van der Waals surface area (Å²) < 4.78 is 30.2. The van der Waals surface area contributed by atoms with Crippen LogP contribution in [0.2, 0.25) is 0 Å². The second-order valence-corrected chi connectivity index (χ2v) is 13.5. The molecular weight excluding hydrogens is 742 g/mol. The molecule has 2 N–H and O–H groups in total. The van der Waals surface area contributed by atoms with Gasteiger partial charge in [-0.3, -0.25) is 0 Å². The third-order valence-corrected chi connectivity index (χ3v) is 8.84. The lowest BCUT2D eigenvalue weighted by molar-refractivity contribution is -0.139. The van der Waals surface area contributed by atoms with Gasteiger partial charge in [-0.1, -0.05) is 50.8 Å². The van der Waals surface area contributed by atoms with Gasteiger partial charge in [0, 0.05) is 36.0 Å². The molecule has 4 aromatic rings. The van der Waals surface area contributed by atoms with Crippen molar-refractivity contribution < 1.29 is 38.1 Å². The van der Waals surface area contributed by atoms with E-state index in [9.17, 15) is 23.9 Å². The standard InChI is InChI=1S/C45H50FN5O7/c1-5-10-33(24-28-56-43(53)6-2)34-14-18-35(19-15-34)47-25-9-11-32-12-16-36(17-13-32)48-49-37-21-23-41(40(46)29-37)51-50-38-20-22-39(42(52)30-38)45(55)58-27-8-7-26-57-44(54)31(3)4/h6,12-23,29-30,33,47,52H,2-3,5,7-11,24-28H2,1,4H3/b49-48+,51-50+. The molecule has 0 radical (unpaired) electrons. The molecule has 0 aliphatic carbocycles. The summed E-state index contributed by atoms with van der Waals surface area (Å²) in [5.41, 5.74) is 4.76. The zero-order chi connectivity index (χ0) is 41.7. The number of anilines is 1. The molecule has 304 valence electrons. The van der Waals surface area contributed by atoms with E-state index >= 15 is 0 Å². The topological polar surface area (TPSA) is 161 Å². The van der Waals surface area contributed by atoms with Crippen LogP contribution in [0.1, 0.15) is 79.8 Å². The Balaban J connectivity index is 1.19. The largest absolute Gasteiger partial charge is 0.507 e. The first-order chi connectivity index (χ1) is 28.1. The van der Waals surface area contributed by atoms with Gasteiger partial charge in [0.25, 0.3) is 0 Å². The van der Waals surface area contributed by atoms with E-state index in [1.165, 1.54) is 42.0 Å². The highest BCUT2D eigenvalue weighted by atomic mass is 19.1.